The molecule has 1 heterocycles. The molecule has 0 radical (unpaired) electrons. The summed E-state index contributed by atoms with van der Waals surface area (Å²) >= 11 is 6.86. The molecule has 0 bridgehead atoms. The molecule has 0 saturated heterocycles. The lowest BCUT2D eigenvalue weighted by atomic mass is 10.2. The van der Waals surface area contributed by atoms with Gasteiger partial charge in [-0.1, -0.05) is 35.1 Å². The highest BCUT2D eigenvalue weighted by atomic mass is 35.5. The highest BCUT2D eigenvalue weighted by Crippen LogP contribution is 2.10. The number of hydrogen-bond donors (Lipinski definition) is 1. The molecule has 2 aromatic rings. The van der Waals surface area contributed by atoms with Gasteiger partial charge >= 0.3 is 10.8 Å². The number of esters is 1. The molecule has 0 aliphatic heterocycles. The summed E-state index contributed by atoms with van der Waals surface area (Å²) in [5.41, 5.74) is 1.53. The van der Waals surface area contributed by atoms with Crippen LogP contribution in [0.4, 0.5) is 0 Å². The largest absolute Gasteiger partial charge is 0.454 e. The molecule has 0 aliphatic carbocycles. The average Bonchev–Trinajstić information content (AvgIpc) is 2.83. The maximum absolute atomic E-state index is 11.7. The molecule has 122 valence electrons. The van der Waals surface area contributed by atoms with Crippen molar-refractivity contribution in [1.82, 2.24) is 9.88 Å². The van der Waals surface area contributed by atoms with E-state index in [1.54, 1.807) is 30.5 Å². The van der Waals surface area contributed by atoms with E-state index in [4.69, 9.17) is 16.3 Å². The Bertz CT molecular complexity index is 769. The summed E-state index contributed by atoms with van der Waals surface area (Å²) < 4.78 is 6.17. The van der Waals surface area contributed by atoms with Crippen LogP contribution in [0.5, 0.6) is 0 Å². The van der Waals surface area contributed by atoms with E-state index in [-0.39, 0.29) is 11.4 Å². The molecule has 1 N–H and O–H groups in total. The van der Waals surface area contributed by atoms with Crippen molar-refractivity contribution in [2.24, 2.45) is 0 Å². The fraction of sp³-hybridized carbons (Fsp3) is 0.267. The van der Waals surface area contributed by atoms with Crippen LogP contribution in [0, 0.1) is 6.92 Å². The van der Waals surface area contributed by atoms with Gasteiger partial charge in [0.1, 0.15) is 6.54 Å². The lowest BCUT2D eigenvalue weighted by Gasteiger charge is -2.08. The van der Waals surface area contributed by atoms with E-state index < -0.39 is 18.5 Å². The van der Waals surface area contributed by atoms with E-state index in [1.807, 2.05) is 6.07 Å². The maximum Gasteiger partial charge on any atom is 0.326 e. The second-order valence-electron chi connectivity index (χ2n) is 4.80. The Balaban J connectivity index is 1.76. The molecule has 23 heavy (non-hydrogen) atoms. The molecule has 0 saturated carbocycles. The van der Waals surface area contributed by atoms with Crippen LogP contribution in [0.2, 0.25) is 5.02 Å². The van der Waals surface area contributed by atoms with Crippen LogP contribution in [0.25, 0.3) is 0 Å². The van der Waals surface area contributed by atoms with Crippen molar-refractivity contribution in [3.05, 3.63) is 55.6 Å². The molecule has 1 aromatic heterocycles. The number of nitrogens with one attached hydrogen (secondary N) is 1. The first kappa shape index (κ1) is 17.2. The number of halogens is 1. The summed E-state index contributed by atoms with van der Waals surface area (Å²) in [6.45, 7) is 1.43. The third kappa shape index (κ3) is 5.22. The first-order valence-corrected chi connectivity index (χ1v) is 8.03. The lowest BCUT2D eigenvalue weighted by Crippen LogP contribution is -2.30. The van der Waals surface area contributed by atoms with Gasteiger partial charge in [-0.2, -0.15) is 0 Å². The van der Waals surface area contributed by atoms with Gasteiger partial charge in [0, 0.05) is 22.6 Å². The Kier molecular flexibility index (Phi) is 5.95. The summed E-state index contributed by atoms with van der Waals surface area (Å²) in [4.78, 5) is 34.6. The topological polar surface area (TPSA) is 77.4 Å². The number of thiazole rings is 1. The predicted molar refractivity (Wildman–Crippen MR) is 87.6 cm³/mol. The Labute approximate surface area is 141 Å². The molecular weight excluding hydrogens is 340 g/mol. The Morgan fingerprint density at radius 2 is 2.17 bits per heavy atom. The minimum Gasteiger partial charge on any atom is -0.454 e. The summed E-state index contributed by atoms with van der Waals surface area (Å²) in [7, 11) is 0. The summed E-state index contributed by atoms with van der Waals surface area (Å²) in [6.07, 6.45) is 0. The zero-order valence-electron chi connectivity index (χ0n) is 12.4. The van der Waals surface area contributed by atoms with E-state index in [0.717, 1.165) is 16.9 Å². The molecule has 8 heteroatoms. The molecule has 0 unspecified atom stereocenters. The minimum atomic E-state index is -0.633. The number of aromatic nitrogens is 1. The van der Waals surface area contributed by atoms with Crippen LogP contribution in [0.1, 0.15) is 11.3 Å². The number of ether oxygens (including phenoxy) is 1. The number of amides is 1. The summed E-state index contributed by atoms with van der Waals surface area (Å²) in [5, 5.41) is 4.87. The highest BCUT2D eigenvalue weighted by Gasteiger charge is 2.11. The van der Waals surface area contributed by atoms with Crippen molar-refractivity contribution < 1.29 is 14.3 Å². The number of nitrogens with zero attached hydrogens (tertiary/aromatic N) is 1. The zero-order chi connectivity index (χ0) is 16.8. The van der Waals surface area contributed by atoms with Crippen molar-refractivity contribution >= 4 is 34.8 Å². The minimum absolute atomic E-state index is 0.199. The molecule has 1 amide bonds. The smallest absolute Gasteiger partial charge is 0.326 e. The van der Waals surface area contributed by atoms with Crippen molar-refractivity contribution in [1.29, 1.82) is 0 Å². The van der Waals surface area contributed by atoms with Gasteiger partial charge in [0.25, 0.3) is 5.91 Å². The second-order valence-corrected chi connectivity index (χ2v) is 6.05. The summed E-state index contributed by atoms with van der Waals surface area (Å²) in [5.74, 6) is -1.06. The van der Waals surface area contributed by atoms with E-state index in [1.165, 1.54) is 4.57 Å². The molecular formula is C15H15ClN2O4S. The van der Waals surface area contributed by atoms with Crippen molar-refractivity contribution in [3.8, 4) is 0 Å². The van der Waals surface area contributed by atoms with Crippen LogP contribution in [0.3, 0.4) is 0 Å². The van der Waals surface area contributed by atoms with Gasteiger partial charge in [0.2, 0.25) is 0 Å². The number of benzene rings is 1. The van der Waals surface area contributed by atoms with Crippen molar-refractivity contribution in [3.63, 3.8) is 0 Å². The third-order valence-corrected chi connectivity index (χ3v) is 4.12. The van der Waals surface area contributed by atoms with Crippen LogP contribution in [-0.2, 0) is 27.4 Å². The zero-order valence-corrected chi connectivity index (χ0v) is 13.9. The highest BCUT2D eigenvalue weighted by molar-refractivity contribution is 7.07. The normalized spacial score (nSPS) is 10.3. The second kappa shape index (κ2) is 7.94. The van der Waals surface area contributed by atoms with E-state index in [2.05, 4.69) is 5.32 Å². The molecule has 1 aromatic carbocycles. The van der Waals surface area contributed by atoms with Gasteiger partial charge in [0.05, 0.1) is 0 Å². The molecule has 0 fully saturated rings. The quantitative estimate of drug-likeness (QED) is 0.801. The van der Waals surface area contributed by atoms with E-state index >= 15 is 0 Å². The number of carbonyl (C=O) groups excluding carboxylic acids is 2. The van der Waals surface area contributed by atoms with Gasteiger partial charge in [-0.3, -0.25) is 19.0 Å². The molecule has 0 atom stereocenters. The van der Waals surface area contributed by atoms with Crippen molar-refractivity contribution in [2.75, 3.05) is 6.61 Å². The number of hydrogen-bond acceptors (Lipinski definition) is 5. The van der Waals surface area contributed by atoms with E-state index in [0.29, 0.717) is 17.3 Å². The molecule has 6 nitrogen and oxygen atoms in total. The van der Waals surface area contributed by atoms with Gasteiger partial charge < -0.3 is 10.1 Å². The summed E-state index contributed by atoms with van der Waals surface area (Å²) in [6, 6.07) is 7.08. The van der Waals surface area contributed by atoms with Crippen LogP contribution in [-0.4, -0.2) is 23.1 Å². The predicted octanol–water partition coefficient (Wildman–Crippen LogP) is 1.73. The van der Waals surface area contributed by atoms with Gasteiger partial charge in [-0.25, -0.2) is 0 Å². The van der Waals surface area contributed by atoms with Crippen LogP contribution in [0.15, 0.2) is 34.4 Å². The Hall–Kier alpha value is -2.12. The molecule has 0 aliphatic rings. The first-order chi connectivity index (χ1) is 11.0. The first-order valence-electron chi connectivity index (χ1n) is 6.77. The van der Waals surface area contributed by atoms with Gasteiger partial charge in [-0.05, 0) is 24.6 Å². The fourth-order valence-corrected chi connectivity index (χ4v) is 2.76. The van der Waals surface area contributed by atoms with Crippen LogP contribution < -0.4 is 10.2 Å². The van der Waals surface area contributed by atoms with Gasteiger partial charge in [-0.15, -0.1) is 0 Å². The SMILES string of the molecule is Cc1csc(=O)n1CC(=O)OCC(=O)NCc1cccc(Cl)c1. The Morgan fingerprint density at radius 1 is 1.39 bits per heavy atom. The lowest BCUT2D eigenvalue weighted by molar-refractivity contribution is -0.149. The van der Waals surface area contributed by atoms with E-state index in [9.17, 15) is 14.4 Å². The maximum atomic E-state index is 11.7. The van der Waals surface area contributed by atoms with Crippen LogP contribution >= 0.6 is 22.9 Å². The van der Waals surface area contributed by atoms with Gasteiger partial charge in [0.15, 0.2) is 6.61 Å². The monoisotopic (exact) mass is 354 g/mol. The molecule has 2 rings (SSSR count). The number of carbonyl (C=O) groups is 2. The average molecular weight is 355 g/mol. The Morgan fingerprint density at radius 3 is 2.83 bits per heavy atom. The molecule has 0 spiro atoms. The number of aryl methyl sites for hydroxylation is 1. The standard InChI is InChI=1S/C15H15ClN2O4S/c1-10-9-23-15(21)18(10)7-14(20)22-8-13(19)17-6-11-3-2-4-12(16)5-11/h2-5,9H,6-8H2,1H3,(H,17,19). The third-order valence-electron chi connectivity index (χ3n) is 3.01. The number of rotatable bonds is 6. The van der Waals surface area contributed by atoms with Crippen molar-refractivity contribution in [2.45, 2.75) is 20.0 Å². The fourth-order valence-electron chi connectivity index (χ4n) is 1.82.